The molecule has 0 aromatic heterocycles. The van der Waals surface area contributed by atoms with E-state index in [9.17, 15) is 5.11 Å². The molecule has 0 amide bonds. The fourth-order valence-electron chi connectivity index (χ4n) is 1.33. The third-order valence-electron chi connectivity index (χ3n) is 2.19. The maximum atomic E-state index is 9.18. The van der Waals surface area contributed by atoms with Gasteiger partial charge in [-0.3, -0.25) is 0 Å². The van der Waals surface area contributed by atoms with Crippen LogP contribution in [0.5, 0.6) is 11.5 Å². The summed E-state index contributed by atoms with van der Waals surface area (Å²) in [4.78, 5) is 0. The summed E-state index contributed by atoms with van der Waals surface area (Å²) < 4.78 is 11.0. The number of aliphatic hydroxyl groups excluding tert-OH is 1. The summed E-state index contributed by atoms with van der Waals surface area (Å²) in [7, 11) is 0. The van der Waals surface area contributed by atoms with Crippen molar-refractivity contribution in [2.45, 2.75) is 26.4 Å². The van der Waals surface area contributed by atoms with Crippen molar-refractivity contribution in [2.75, 3.05) is 13.2 Å². The highest BCUT2D eigenvalue weighted by Crippen LogP contribution is 2.25. The Labute approximate surface area is 102 Å². The van der Waals surface area contributed by atoms with Gasteiger partial charge in [-0.1, -0.05) is 6.92 Å². The molecule has 1 N–H and O–H groups in total. The van der Waals surface area contributed by atoms with Crippen LogP contribution in [0.25, 0.3) is 0 Å². The molecule has 0 saturated heterocycles. The number of rotatable bonds is 7. The van der Waals surface area contributed by atoms with Crippen LogP contribution >= 0.6 is 0 Å². The lowest BCUT2D eigenvalue weighted by Gasteiger charge is -2.11. The highest BCUT2D eigenvalue weighted by molar-refractivity contribution is 5.40. The number of aliphatic hydroxyl groups is 1. The van der Waals surface area contributed by atoms with E-state index in [0.717, 1.165) is 17.7 Å². The van der Waals surface area contributed by atoms with Gasteiger partial charge < -0.3 is 14.6 Å². The quantitative estimate of drug-likeness (QED) is 0.581. The van der Waals surface area contributed by atoms with Crippen molar-refractivity contribution >= 4 is 0 Å². The van der Waals surface area contributed by atoms with Crippen molar-refractivity contribution < 1.29 is 14.6 Å². The van der Waals surface area contributed by atoms with E-state index in [0.29, 0.717) is 25.4 Å². The van der Waals surface area contributed by atoms with E-state index >= 15 is 0 Å². The molecule has 3 heteroatoms. The van der Waals surface area contributed by atoms with Crippen molar-refractivity contribution in [3.8, 4) is 23.8 Å². The van der Waals surface area contributed by atoms with Crippen LogP contribution in [0.1, 0.15) is 25.3 Å². The van der Waals surface area contributed by atoms with Crippen LogP contribution in [0, 0.1) is 12.3 Å². The third kappa shape index (κ3) is 4.38. The monoisotopic (exact) mass is 234 g/mol. The van der Waals surface area contributed by atoms with Crippen LogP contribution in [-0.4, -0.2) is 18.3 Å². The van der Waals surface area contributed by atoms with Crippen LogP contribution in [0.3, 0.4) is 0 Å². The van der Waals surface area contributed by atoms with Gasteiger partial charge in [0.05, 0.1) is 19.8 Å². The van der Waals surface area contributed by atoms with Crippen molar-refractivity contribution in [1.82, 2.24) is 0 Å². The van der Waals surface area contributed by atoms with Crippen molar-refractivity contribution in [3.05, 3.63) is 23.8 Å². The Balaban J connectivity index is 2.72. The van der Waals surface area contributed by atoms with Gasteiger partial charge in [0, 0.05) is 18.1 Å². The van der Waals surface area contributed by atoms with Crippen molar-refractivity contribution in [2.24, 2.45) is 0 Å². The van der Waals surface area contributed by atoms with E-state index in [2.05, 4.69) is 5.92 Å². The normalized spacial score (nSPS) is 9.71. The molecule has 17 heavy (non-hydrogen) atoms. The fourth-order valence-corrected chi connectivity index (χ4v) is 1.33. The summed E-state index contributed by atoms with van der Waals surface area (Å²) >= 11 is 0. The van der Waals surface area contributed by atoms with Gasteiger partial charge in [-0.25, -0.2) is 0 Å². The van der Waals surface area contributed by atoms with Gasteiger partial charge in [-0.2, -0.15) is 0 Å². The zero-order valence-electron chi connectivity index (χ0n) is 10.1. The van der Waals surface area contributed by atoms with E-state index in [1.807, 2.05) is 13.0 Å². The highest BCUT2D eigenvalue weighted by atomic mass is 16.5. The van der Waals surface area contributed by atoms with Gasteiger partial charge >= 0.3 is 0 Å². The molecule has 0 radical (unpaired) electrons. The second-order valence-electron chi connectivity index (χ2n) is 3.58. The molecular formula is C14H18O3. The Bertz CT molecular complexity index is 380. The highest BCUT2D eigenvalue weighted by Gasteiger charge is 2.05. The third-order valence-corrected chi connectivity index (χ3v) is 2.19. The Morgan fingerprint density at radius 3 is 2.76 bits per heavy atom. The first-order valence-electron chi connectivity index (χ1n) is 5.74. The summed E-state index contributed by atoms with van der Waals surface area (Å²) in [5.74, 6) is 3.89. The molecule has 3 nitrogen and oxygen atoms in total. The van der Waals surface area contributed by atoms with Gasteiger partial charge in [-0.05, 0) is 18.6 Å². The SMILES string of the molecule is C#CCCOc1cc(OCCC)ccc1CO. The molecule has 0 aliphatic heterocycles. The average Bonchev–Trinajstić information content (AvgIpc) is 2.37. The predicted molar refractivity (Wildman–Crippen MR) is 67.1 cm³/mol. The van der Waals surface area contributed by atoms with Crippen LogP contribution in [-0.2, 0) is 6.61 Å². The van der Waals surface area contributed by atoms with Gasteiger partial charge in [0.1, 0.15) is 11.5 Å². The Morgan fingerprint density at radius 1 is 1.29 bits per heavy atom. The fraction of sp³-hybridized carbons (Fsp3) is 0.429. The minimum Gasteiger partial charge on any atom is -0.493 e. The largest absolute Gasteiger partial charge is 0.493 e. The molecule has 1 aromatic rings. The van der Waals surface area contributed by atoms with Crippen molar-refractivity contribution in [1.29, 1.82) is 0 Å². The summed E-state index contributed by atoms with van der Waals surface area (Å²) in [5.41, 5.74) is 0.742. The van der Waals surface area contributed by atoms with Crippen LogP contribution in [0.4, 0.5) is 0 Å². The number of hydrogen-bond acceptors (Lipinski definition) is 3. The first kappa shape index (κ1) is 13.4. The van der Waals surface area contributed by atoms with Crippen LogP contribution in [0.2, 0.25) is 0 Å². The zero-order valence-corrected chi connectivity index (χ0v) is 10.1. The molecule has 0 atom stereocenters. The predicted octanol–water partition coefficient (Wildman–Crippen LogP) is 2.37. The van der Waals surface area contributed by atoms with Crippen LogP contribution < -0.4 is 9.47 Å². The number of ether oxygens (including phenoxy) is 2. The molecule has 0 saturated carbocycles. The first-order valence-corrected chi connectivity index (χ1v) is 5.74. The standard InChI is InChI=1S/C14H18O3/c1-3-5-9-17-14-10-13(16-8-4-2)7-6-12(14)11-15/h1,6-7,10,15H,4-5,8-9,11H2,2H3. The summed E-state index contributed by atoms with van der Waals surface area (Å²) in [5, 5.41) is 9.18. The van der Waals surface area contributed by atoms with Gasteiger partial charge in [-0.15, -0.1) is 12.3 Å². The molecule has 92 valence electrons. The molecule has 0 spiro atoms. The molecule has 0 aliphatic carbocycles. The molecule has 1 rings (SSSR count). The van der Waals surface area contributed by atoms with Crippen LogP contribution in [0.15, 0.2) is 18.2 Å². The van der Waals surface area contributed by atoms with Gasteiger partial charge in [0.25, 0.3) is 0 Å². The lowest BCUT2D eigenvalue weighted by Crippen LogP contribution is -2.01. The minimum atomic E-state index is -0.0561. The second-order valence-corrected chi connectivity index (χ2v) is 3.58. The second kappa shape index (κ2) is 7.59. The maximum absolute atomic E-state index is 9.18. The Kier molecular flexibility index (Phi) is 5.98. The van der Waals surface area contributed by atoms with Gasteiger partial charge in [0.2, 0.25) is 0 Å². The molecule has 0 aliphatic rings. The van der Waals surface area contributed by atoms with E-state index in [4.69, 9.17) is 15.9 Å². The summed E-state index contributed by atoms with van der Waals surface area (Å²) in [6, 6.07) is 5.42. The maximum Gasteiger partial charge on any atom is 0.128 e. The lowest BCUT2D eigenvalue weighted by molar-refractivity contribution is 0.262. The lowest BCUT2D eigenvalue weighted by atomic mass is 10.2. The number of benzene rings is 1. The molecule has 0 fully saturated rings. The molecule has 1 aromatic carbocycles. The topological polar surface area (TPSA) is 38.7 Å². The zero-order chi connectivity index (χ0) is 12.5. The molecule has 0 heterocycles. The first-order chi connectivity index (χ1) is 8.31. The molecule has 0 unspecified atom stereocenters. The van der Waals surface area contributed by atoms with Crippen molar-refractivity contribution in [3.63, 3.8) is 0 Å². The van der Waals surface area contributed by atoms with E-state index in [1.54, 1.807) is 12.1 Å². The molecule has 0 bridgehead atoms. The Hall–Kier alpha value is -1.66. The number of terminal acetylenes is 1. The van der Waals surface area contributed by atoms with E-state index in [-0.39, 0.29) is 6.61 Å². The Morgan fingerprint density at radius 2 is 2.12 bits per heavy atom. The average molecular weight is 234 g/mol. The number of hydrogen-bond donors (Lipinski definition) is 1. The summed E-state index contributed by atoms with van der Waals surface area (Å²) in [6.45, 7) is 3.11. The van der Waals surface area contributed by atoms with E-state index < -0.39 is 0 Å². The smallest absolute Gasteiger partial charge is 0.128 e. The van der Waals surface area contributed by atoms with E-state index in [1.165, 1.54) is 0 Å². The van der Waals surface area contributed by atoms with Gasteiger partial charge in [0.15, 0.2) is 0 Å². The molecular weight excluding hydrogens is 216 g/mol. The summed E-state index contributed by atoms with van der Waals surface area (Å²) in [6.07, 6.45) is 6.65. The minimum absolute atomic E-state index is 0.0561.